The van der Waals surface area contributed by atoms with Crippen molar-refractivity contribution in [3.8, 4) is 16.8 Å². The molecule has 1 saturated carbocycles. The molecule has 5 nitrogen and oxygen atoms in total. The van der Waals surface area contributed by atoms with E-state index < -0.39 is 18.5 Å². The van der Waals surface area contributed by atoms with Gasteiger partial charge in [-0.15, -0.1) is 0 Å². The molecule has 9 heteroatoms. The minimum atomic E-state index is -2.64. The van der Waals surface area contributed by atoms with Crippen LogP contribution < -0.4 is 10.3 Å². The Hall–Kier alpha value is -2.68. The van der Waals surface area contributed by atoms with Crippen LogP contribution in [0.15, 0.2) is 53.7 Å². The standard InChI is InChI=1S/C19H17F3N4OS/c20-17-7-13(24-28-15-3-4-15)1-5-16(17)12-8-23-26(9-12)14-2-6-19(27)25(10-14)11-18(21)22/h1-2,5-10,15,18,24H,3-4,11H2. The second-order valence-corrected chi connectivity index (χ2v) is 7.66. The maximum Gasteiger partial charge on any atom is 0.256 e. The second kappa shape index (κ2) is 7.75. The molecule has 2 heterocycles. The van der Waals surface area contributed by atoms with Crippen molar-refractivity contribution in [3.05, 3.63) is 65.1 Å². The Kier molecular flexibility index (Phi) is 5.17. The molecule has 0 saturated heterocycles. The smallest absolute Gasteiger partial charge is 0.256 e. The Morgan fingerprint density at radius 2 is 2.04 bits per heavy atom. The number of halogens is 3. The van der Waals surface area contributed by atoms with Gasteiger partial charge in [-0.25, -0.2) is 17.9 Å². The van der Waals surface area contributed by atoms with Gasteiger partial charge in [-0.3, -0.25) is 4.79 Å². The van der Waals surface area contributed by atoms with E-state index in [2.05, 4.69) is 9.82 Å². The number of rotatable bonds is 7. The molecule has 1 aromatic carbocycles. The predicted octanol–water partition coefficient (Wildman–Crippen LogP) is 4.33. The van der Waals surface area contributed by atoms with E-state index in [-0.39, 0.29) is 5.82 Å². The second-order valence-electron chi connectivity index (χ2n) is 6.56. The van der Waals surface area contributed by atoms with Crippen molar-refractivity contribution in [2.45, 2.75) is 31.1 Å². The van der Waals surface area contributed by atoms with Gasteiger partial charge in [-0.2, -0.15) is 5.10 Å². The number of pyridine rings is 1. The first-order chi connectivity index (χ1) is 13.5. The van der Waals surface area contributed by atoms with Gasteiger partial charge in [0.1, 0.15) is 5.82 Å². The van der Waals surface area contributed by atoms with Gasteiger partial charge < -0.3 is 9.29 Å². The highest BCUT2D eigenvalue weighted by atomic mass is 32.2. The van der Waals surface area contributed by atoms with Crippen LogP contribution in [0.3, 0.4) is 0 Å². The van der Waals surface area contributed by atoms with Crippen LogP contribution in [0.5, 0.6) is 0 Å². The molecule has 0 bridgehead atoms. The molecule has 0 aliphatic heterocycles. The van der Waals surface area contributed by atoms with E-state index in [1.165, 1.54) is 48.1 Å². The Balaban J connectivity index is 1.56. The van der Waals surface area contributed by atoms with Crippen LogP contribution >= 0.6 is 11.9 Å². The maximum absolute atomic E-state index is 14.5. The molecule has 4 rings (SSSR count). The number of hydrogen-bond acceptors (Lipinski definition) is 4. The normalized spacial score (nSPS) is 13.9. The average Bonchev–Trinajstić information content (AvgIpc) is 3.36. The number of alkyl halides is 2. The monoisotopic (exact) mass is 406 g/mol. The Labute approximate surface area is 163 Å². The van der Waals surface area contributed by atoms with Crippen LogP contribution in [0.25, 0.3) is 16.8 Å². The van der Waals surface area contributed by atoms with Crippen LogP contribution in [-0.2, 0) is 6.54 Å². The number of aromatic nitrogens is 3. The number of hydrogen-bond donors (Lipinski definition) is 1. The summed E-state index contributed by atoms with van der Waals surface area (Å²) in [6.45, 7) is -0.692. The van der Waals surface area contributed by atoms with Crippen molar-refractivity contribution in [1.29, 1.82) is 0 Å². The fraction of sp³-hybridized carbons (Fsp3) is 0.263. The minimum absolute atomic E-state index is 0.383. The summed E-state index contributed by atoms with van der Waals surface area (Å²) >= 11 is 1.60. The molecule has 146 valence electrons. The van der Waals surface area contributed by atoms with Gasteiger partial charge in [-0.1, -0.05) is 0 Å². The first-order valence-corrected chi connectivity index (χ1v) is 9.63. The fourth-order valence-corrected chi connectivity index (χ4v) is 3.50. The van der Waals surface area contributed by atoms with Crippen LogP contribution in [0.2, 0.25) is 0 Å². The largest absolute Gasteiger partial charge is 0.329 e. The zero-order valence-corrected chi connectivity index (χ0v) is 15.5. The third-order valence-corrected chi connectivity index (χ3v) is 5.46. The number of nitrogens with one attached hydrogen (secondary N) is 1. The van der Waals surface area contributed by atoms with Gasteiger partial charge in [0.05, 0.1) is 18.4 Å². The predicted molar refractivity (Wildman–Crippen MR) is 103 cm³/mol. The highest BCUT2D eigenvalue weighted by Crippen LogP contribution is 2.35. The lowest BCUT2D eigenvalue weighted by atomic mass is 10.1. The Morgan fingerprint density at radius 1 is 1.21 bits per heavy atom. The molecular weight excluding hydrogens is 389 g/mol. The SMILES string of the molecule is O=c1ccc(-n2cc(-c3ccc(NSC4CC4)cc3F)cn2)cn1CC(F)F. The first-order valence-electron chi connectivity index (χ1n) is 8.75. The molecule has 2 aromatic heterocycles. The zero-order valence-electron chi connectivity index (χ0n) is 14.7. The number of benzene rings is 1. The van der Waals surface area contributed by atoms with Crippen LogP contribution in [-0.4, -0.2) is 26.0 Å². The number of anilines is 1. The number of nitrogens with zero attached hydrogens (tertiary/aromatic N) is 3. The van der Waals surface area contributed by atoms with E-state index in [0.717, 1.165) is 4.57 Å². The molecule has 1 fully saturated rings. The van der Waals surface area contributed by atoms with E-state index in [1.807, 2.05) is 0 Å². The Bertz CT molecular complexity index is 1050. The van der Waals surface area contributed by atoms with Crippen molar-refractivity contribution in [3.63, 3.8) is 0 Å². The molecule has 0 unspecified atom stereocenters. The highest BCUT2D eigenvalue weighted by Gasteiger charge is 2.22. The van der Waals surface area contributed by atoms with Gasteiger partial charge in [0, 0.05) is 40.5 Å². The summed E-state index contributed by atoms with van der Waals surface area (Å²) < 4.78 is 45.3. The molecule has 1 N–H and O–H groups in total. The van der Waals surface area contributed by atoms with Crippen LogP contribution in [0.1, 0.15) is 12.8 Å². The van der Waals surface area contributed by atoms with E-state index >= 15 is 0 Å². The van der Waals surface area contributed by atoms with Gasteiger partial charge >= 0.3 is 0 Å². The lowest BCUT2D eigenvalue weighted by Gasteiger charge is -2.08. The first kappa shape index (κ1) is 18.7. The molecule has 0 radical (unpaired) electrons. The summed E-state index contributed by atoms with van der Waals surface area (Å²) in [5.74, 6) is -0.386. The summed E-state index contributed by atoms with van der Waals surface area (Å²) in [6.07, 6.45) is 4.12. The zero-order chi connectivity index (χ0) is 19.7. The molecule has 3 aromatic rings. The molecule has 1 aliphatic rings. The van der Waals surface area contributed by atoms with E-state index in [4.69, 9.17) is 0 Å². The van der Waals surface area contributed by atoms with Crippen LogP contribution in [0, 0.1) is 5.82 Å². The van der Waals surface area contributed by atoms with Gasteiger partial charge in [-0.05, 0) is 49.1 Å². The van der Waals surface area contributed by atoms with Gasteiger partial charge in [0.25, 0.3) is 12.0 Å². The van der Waals surface area contributed by atoms with Crippen molar-refractivity contribution in [2.24, 2.45) is 0 Å². The molecule has 28 heavy (non-hydrogen) atoms. The molecule has 0 amide bonds. The molecule has 1 aliphatic carbocycles. The summed E-state index contributed by atoms with van der Waals surface area (Å²) in [5, 5.41) is 4.78. The lowest BCUT2D eigenvalue weighted by Crippen LogP contribution is -2.22. The van der Waals surface area contributed by atoms with E-state index in [1.54, 1.807) is 30.3 Å². The molecule has 0 spiro atoms. The van der Waals surface area contributed by atoms with E-state index in [9.17, 15) is 18.0 Å². The summed E-state index contributed by atoms with van der Waals surface area (Å²) in [7, 11) is 0. The third-order valence-electron chi connectivity index (χ3n) is 4.30. The summed E-state index contributed by atoms with van der Waals surface area (Å²) in [5.41, 5.74) is 1.55. The summed E-state index contributed by atoms with van der Waals surface area (Å²) in [6, 6.07) is 7.60. The Morgan fingerprint density at radius 3 is 2.75 bits per heavy atom. The van der Waals surface area contributed by atoms with Gasteiger partial charge in [0.2, 0.25) is 0 Å². The topological polar surface area (TPSA) is 51.9 Å². The van der Waals surface area contributed by atoms with Crippen LogP contribution in [0.4, 0.5) is 18.9 Å². The highest BCUT2D eigenvalue weighted by molar-refractivity contribution is 8.01. The third kappa shape index (κ3) is 4.24. The van der Waals surface area contributed by atoms with Gasteiger partial charge in [0.15, 0.2) is 0 Å². The van der Waals surface area contributed by atoms with Crippen molar-refractivity contribution < 1.29 is 13.2 Å². The van der Waals surface area contributed by atoms with Crippen molar-refractivity contribution in [1.82, 2.24) is 14.3 Å². The van der Waals surface area contributed by atoms with Crippen molar-refractivity contribution >= 4 is 17.6 Å². The maximum atomic E-state index is 14.5. The quantitative estimate of drug-likeness (QED) is 0.594. The molecule has 0 atom stereocenters. The van der Waals surface area contributed by atoms with E-state index in [0.29, 0.717) is 27.8 Å². The molecular formula is C19H17F3N4OS. The summed E-state index contributed by atoms with van der Waals surface area (Å²) in [4.78, 5) is 11.7. The minimum Gasteiger partial charge on any atom is -0.329 e. The van der Waals surface area contributed by atoms with Crippen molar-refractivity contribution in [2.75, 3.05) is 4.72 Å². The average molecular weight is 406 g/mol. The fourth-order valence-electron chi connectivity index (χ4n) is 2.70. The lowest BCUT2D eigenvalue weighted by molar-refractivity contribution is 0.125.